The number of hydrogen-bond donors (Lipinski definition) is 2. The van der Waals surface area contributed by atoms with Crippen LogP contribution in [0.3, 0.4) is 0 Å². The molecule has 2 rings (SSSR count). The van der Waals surface area contributed by atoms with Crippen molar-refractivity contribution in [3.8, 4) is 0 Å². The summed E-state index contributed by atoms with van der Waals surface area (Å²) in [7, 11) is 0. The third kappa shape index (κ3) is 4.30. The van der Waals surface area contributed by atoms with Crippen LogP contribution in [0.25, 0.3) is 0 Å². The fourth-order valence-corrected chi connectivity index (χ4v) is 2.28. The highest BCUT2D eigenvalue weighted by molar-refractivity contribution is 6.35. The molecule has 0 saturated carbocycles. The topological polar surface area (TPSA) is 44.9 Å². The van der Waals surface area contributed by atoms with E-state index in [0.29, 0.717) is 29.4 Å². The molecular weight excluding hydrogens is 283 g/mol. The van der Waals surface area contributed by atoms with E-state index in [-0.39, 0.29) is 5.91 Å². The molecule has 19 heavy (non-hydrogen) atoms. The van der Waals surface area contributed by atoms with E-state index < -0.39 is 0 Å². The SMILES string of the molecule is O=C(Cc1ccc[nH]1)NCCc1ccc(Cl)cc1Cl. The Bertz CT molecular complexity index is 553. The van der Waals surface area contributed by atoms with Crippen LogP contribution in [-0.2, 0) is 17.6 Å². The number of H-pyrrole nitrogens is 1. The molecule has 0 fully saturated rings. The summed E-state index contributed by atoms with van der Waals surface area (Å²) in [5, 5.41) is 4.11. The number of aromatic nitrogens is 1. The first kappa shape index (κ1) is 14.0. The van der Waals surface area contributed by atoms with Gasteiger partial charge in [0, 0.05) is 28.5 Å². The smallest absolute Gasteiger partial charge is 0.225 e. The summed E-state index contributed by atoms with van der Waals surface area (Å²) in [4.78, 5) is 14.6. The Morgan fingerprint density at radius 2 is 2.11 bits per heavy atom. The molecule has 1 aromatic carbocycles. The van der Waals surface area contributed by atoms with Gasteiger partial charge in [-0.05, 0) is 36.2 Å². The van der Waals surface area contributed by atoms with E-state index in [0.717, 1.165) is 11.3 Å². The summed E-state index contributed by atoms with van der Waals surface area (Å²) in [6.45, 7) is 0.556. The Balaban J connectivity index is 1.78. The van der Waals surface area contributed by atoms with Crippen LogP contribution in [0.4, 0.5) is 0 Å². The molecule has 0 unspecified atom stereocenters. The first-order chi connectivity index (χ1) is 9.15. The number of hydrogen-bond acceptors (Lipinski definition) is 1. The molecule has 0 aliphatic rings. The maximum atomic E-state index is 11.7. The largest absolute Gasteiger partial charge is 0.365 e. The number of nitrogens with one attached hydrogen (secondary N) is 2. The molecule has 2 aromatic rings. The highest BCUT2D eigenvalue weighted by Crippen LogP contribution is 2.20. The number of amides is 1. The van der Waals surface area contributed by atoms with Crippen molar-refractivity contribution < 1.29 is 4.79 Å². The average Bonchev–Trinajstić information content (AvgIpc) is 2.84. The summed E-state index contributed by atoms with van der Waals surface area (Å²) in [6, 6.07) is 9.14. The Kier molecular flexibility index (Phi) is 4.88. The molecule has 0 radical (unpaired) electrons. The number of benzene rings is 1. The zero-order valence-corrected chi connectivity index (χ0v) is 11.8. The Labute approximate surface area is 121 Å². The van der Waals surface area contributed by atoms with Gasteiger partial charge in [0.05, 0.1) is 6.42 Å². The van der Waals surface area contributed by atoms with E-state index in [1.54, 1.807) is 18.3 Å². The molecule has 0 aliphatic heterocycles. The first-order valence-corrected chi connectivity index (χ1v) is 6.73. The lowest BCUT2D eigenvalue weighted by Gasteiger charge is -2.06. The van der Waals surface area contributed by atoms with Gasteiger partial charge in [-0.1, -0.05) is 29.3 Å². The number of carbonyl (C=O) groups excluding carboxylic acids is 1. The minimum atomic E-state index is -0.00691. The van der Waals surface area contributed by atoms with Gasteiger partial charge in [-0.25, -0.2) is 0 Å². The molecule has 2 N–H and O–H groups in total. The van der Waals surface area contributed by atoms with Gasteiger partial charge < -0.3 is 10.3 Å². The number of rotatable bonds is 5. The van der Waals surface area contributed by atoms with Crippen LogP contribution in [0.5, 0.6) is 0 Å². The predicted octanol–water partition coefficient (Wildman–Crippen LogP) is 3.22. The van der Waals surface area contributed by atoms with Gasteiger partial charge in [-0.15, -0.1) is 0 Å². The fourth-order valence-electron chi connectivity index (χ4n) is 1.77. The van der Waals surface area contributed by atoms with E-state index in [4.69, 9.17) is 23.2 Å². The third-order valence-corrected chi connectivity index (χ3v) is 3.33. The van der Waals surface area contributed by atoms with Crippen LogP contribution in [0.15, 0.2) is 36.5 Å². The van der Waals surface area contributed by atoms with Gasteiger partial charge in [0.2, 0.25) is 5.91 Å². The molecule has 1 amide bonds. The van der Waals surface area contributed by atoms with Crippen molar-refractivity contribution in [1.29, 1.82) is 0 Å². The zero-order valence-electron chi connectivity index (χ0n) is 10.2. The van der Waals surface area contributed by atoms with Crippen molar-refractivity contribution in [1.82, 2.24) is 10.3 Å². The van der Waals surface area contributed by atoms with Gasteiger partial charge in [-0.2, -0.15) is 0 Å². The molecule has 5 heteroatoms. The van der Waals surface area contributed by atoms with Gasteiger partial charge >= 0.3 is 0 Å². The normalized spacial score (nSPS) is 10.4. The van der Waals surface area contributed by atoms with Gasteiger partial charge in [0.15, 0.2) is 0 Å². The number of carbonyl (C=O) groups is 1. The Hall–Kier alpha value is -1.45. The molecule has 0 aliphatic carbocycles. The van der Waals surface area contributed by atoms with Gasteiger partial charge in [-0.3, -0.25) is 4.79 Å². The van der Waals surface area contributed by atoms with Crippen LogP contribution >= 0.6 is 23.2 Å². The molecule has 1 aromatic heterocycles. The monoisotopic (exact) mass is 296 g/mol. The second-order valence-electron chi connectivity index (χ2n) is 4.21. The van der Waals surface area contributed by atoms with E-state index in [1.807, 2.05) is 18.2 Å². The van der Waals surface area contributed by atoms with Crippen molar-refractivity contribution in [3.63, 3.8) is 0 Å². The molecule has 0 atom stereocenters. The van der Waals surface area contributed by atoms with Crippen LogP contribution in [0.1, 0.15) is 11.3 Å². The summed E-state index contributed by atoms with van der Waals surface area (Å²) in [5.41, 5.74) is 1.88. The summed E-state index contributed by atoms with van der Waals surface area (Å²) in [5.74, 6) is -0.00691. The van der Waals surface area contributed by atoms with Crippen LogP contribution < -0.4 is 5.32 Å². The Morgan fingerprint density at radius 1 is 1.26 bits per heavy atom. The number of aromatic amines is 1. The molecule has 0 spiro atoms. The minimum absolute atomic E-state index is 0.00691. The van der Waals surface area contributed by atoms with Gasteiger partial charge in [0.1, 0.15) is 0 Å². The second kappa shape index (κ2) is 6.64. The molecule has 0 bridgehead atoms. The maximum Gasteiger partial charge on any atom is 0.225 e. The molecule has 1 heterocycles. The zero-order chi connectivity index (χ0) is 13.7. The lowest BCUT2D eigenvalue weighted by atomic mass is 10.1. The summed E-state index contributed by atoms with van der Waals surface area (Å²) >= 11 is 11.9. The maximum absolute atomic E-state index is 11.7. The standard InChI is InChI=1S/C14H14Cl2N2O/c15-11-4-3-10(13(16)8-11)5-7-18-14(19)9-12-2-1-6-17-12/h1-4,6,8,17H,5,7,9H2,(H,18,19). The Morgan fingerprint density at radius 3 is 2.79 bits per heavy atom. The van der Waals surface area contributed by atoms with E-state index in [9.17, 15) is 4.79 Å². The van der Waals surface area contributed by atoms with Gasteiger partial charge in [0.25, 0.3) is 0 Å². The summed E-state index contributed by atoms with van der Waals surface area (Å²) < 4.78 is 0. The van der Waals surface area contributed by atoms with Crippen LogP contribution in [-0.4, -0.2) is 17.4 Å². The first-order valence-electron chi connectivity index (χ1n) is 5.98. The van der Waals surface area contributed by atoms with Crippen molar-refractivity contribution in [2.75, 3.05) is 6.54 Å². The van der Waals surface area contributed by atoms with E-state index in [1.165, 1.54) is 0 Å². The van der Waals surface area contributed by atoms with Crippen molar-refractivity contribution in [2.24, 2.45) is 0 Å². The number of halogens is 2. The van der Waals surface area contributed by atoms with Crippen LogP contribution in [0, 0.1) is 0 Å². The molecular formula is C14H14Cl2N2O. The molecule has 100 valence electrons. The molecule has 0 saturated heterocycles. The highest BCUT2D eigenvalue weighted by atomic mass is 35.5. The van der Waals surface area contributed by atoms with E-state index >= 15 is 0 Å². The lowest BCUT2D eigenvalue weighted by Crippen LogP contribution is -2.27. The van der Waals surface area contributed by atoms with E-state index in [2.05, 4.69) is 10.3 Å². The van der Waals surface area contributed by atoms with Crippen LogP contribution in [0.2, 0.25) is 10.0 Å². The summed E-state index contributed by atoms with van der Waals surface area (Å²) in [6.07, 6.45) is 2.85. The molecule has 3 nitrogen and oxygen atoms in total. The minimum Gasteiger partial charge on any atom is -0.365 e. The van der Waals surface area contributed by atoms with Crippen molar-refractivity contribution in [2.45, 2.75) is 12.8 Å². The fraction of sp³-hybridized carbons (Fsp3) is 0.214. The quantitative estimate of drug-likeness (QED) is 0.874. The second-order valence-corrected chi connectivity index (χ2v) is 5.05. The highest BCUT2D eigenvalue weighted by Gasteiger charge is 2.05. The van der Waals surface area contributed by atoms with Crippen molar-refractivity contribution >= 4 is 29.1 Å². The van der Waals surface area contributed by atoms with Crippen molar-refractivity contribution in [3.05, 3.63) is 57.8 Å². The lowest BCUT2D eigenvalue weighted by molar-refractivity contribution is -0.120. The predicted molar refractivity (Wildman–Crippen MR) is 77.7 cm³/mol. The average molecular weight is 297 g/mol. The third-order valence-electron chi connectivity index (χ3n) is 2.74.